The van der Waals surface area contributed by atoms with E-state index in [0.717, 1.165) is 15.7 Å². The van der Waals surface area contributed by atoms with Crippen LogP contribution in [0.25, 0.3) is 11.5 Å². The first-order valence-corrected chi connectivity index (χ1v) is 7.39. The van der Waals surface area contributed by atoms with E-state index in [-0.39, 0.29) is 0 Å². The lowest BCUT2D eigenvalue weighted by Gasteiger charge is -2.03. The van der Waals surface area contributed by atoms with Gasteiger partial charge in [-0.1, -0.05) is 29.8 Å². The largest absolute Gasteiger partial charge is 0.419 e. The van der Waals surface area contributed by atoms with E-state index in [9.17, 15) is 0 Å². The maximum atomic E-state index is 5.68. The lowest BCUT2D eigenvalue weighted by Crippen LogP contribution is -1.99. The van der Waals surface area contributed by atoms with Crippen LogP contribution in [-0.2, 0) is 6.54 Å². The van der Waals surface area contributed by atoms with E-state index >= 15 is 0 Å². The van der Waals surface area contributed by atoms with E-state index in [1.54, 1.807) is 0 Å². The van der Waals surface area contributed by atoms with Gasteiger partial charge < -0.3 is 9.73 Å². The minimum absolute atomic E-state index is 0.501. The average Bonchev–Trinajstić information content (AvgIpc) is 2.96. The molecule has 0 unspecified atom stereocenters. The molecule has 2 aromatic carbocycles. The number of benzene rings is 2. The number of hydrogen-bond donors (Lipinski definition) is 1. The molecule has 3 aromatic rings. The summed E-state index contributed by atoms with van der Waals surface area (Å²) in [6.07, 6.45) is 0. The van der Waals surface area contributed by atoms with Crippen LogP contribution in [0.5, 0.6) is 0 Å². The zero-order chi connectivity index (χ0) is 14.7. The van der Waals surface area contributed by atoms with Crippen LogP contribution < -0.4 is 5.32 Å². The van der Waals surface area contributed by atoms with Gasteiger partial charge in [0.05, 0.1) is 12.1 Å². The molecule has 0 saturated carbocycles. The summed E-state index contributed by atoms with van der Waals surface area (Å²) in [6, 6.07) is 15.9. The van der Waals surface area contributed by atoms with Gasteiger partial charge in [-0.3, -0.25) is 0 Å². The van der Waals surface area contributed by atoms with E-state index in [4.69, 9.17) is 4.42 Å². The first-order chi connectivity index (χ1) is 10.2. The summed E-state index contributed by atoms with van der Waals surface area (Å²) >= 11 is 3.48. The van der Waals surface area contributed by atoms with Crippen LogP contribution in [0, 0.1) is 6.92 Å². The van der Waals surface area contributed by atoms with Gasteiger partial charge in [0.2, 0.25) is 11.8 Å². The molecule has 0 aliphatic carbocycles. The van der Waals surface area contributed by atoms with Crippen LogP contribution in [0.15, 0.2) is 57.4 Å². The molecule has 0 radical (unpaired) electrons. The molecule has 106 valence electrons. The van der Waals surface area contributed by atoms with Gasteiger partial charge in [0.1, 0.15) is 0 Å². The normalized spacial score (nSPS) is 10.6. The molecule has 5 heteroatoms. The van der Waals surface area contributed by atoms with Gasteiger partial charge in [-0.15, -0.1) is 10.2 Å². The Hall–Kier alpha value is -2.14. The highest BCUT2D eigenvalue weighted by Crippen LogP contribution is 2.26. The minimum Gasteiger partial charge on any atom is -0.419 e. The number of rotatable bonds is 4. The fraction of sp³-hybridized carbons (Fsp3) is 0.125. The highest BCUT2D eigenvalue weighted by molar-refractivity contribution is 9.10. The summed E-state index contributed by atoms with van der Waals surface area (Å²) in [4.78, 5) is 0. The van der Waals surface area contributed by atoms with E-state index in [1.165, 1.54) is 5.56 Å². The van der Waals surface area contributed by atoms with Gasteiger partial charge in [-0.05, 0) is 47.1 Å². The molecule has 1 heterocycles. The van der Waals surface area contributed by atoms with Crippen molar-refractivity contribution in [3.05, 3.63) is 64.5 Å². The van der Waals surface area contributed by atoms with Gasteiger partial charge in [0, 0.05) is 10.2 Å². The fourth-order valence-corrected chi connectivity index (χ4v) is 2.37. The highest BCUT2D eigenvalue weighted by atomic mass is 79.9. The summed E-state index contributed by atoms with van der Waals surface area (Å²) in [5.74, 6) is 1.07. The van der Waals surface area contributed by atoms with Crippen molar-refractivity contribution in [2.24, 2.45) is 0 Å². The number of halogens is 1. The van der Waals surface area contributed by atoms with E-state index < -0.39 is 0 Å². The van der Waals surface area contributed by atoms with Crippen LogP contribution >= 0.6 is 15.9 Å². The van der Waals surface area contributed by atoms with Crippen molar-refractivity contribution < 1.29 is 4.42 Å². The summed E-state index contributed by atoms with van der Waals surface area (Å²) < 4.78 is 6.62. The standard InChI is InChI=1S/C16H14BrN3O/c1-11-6-8-12(9-7-11)18-10-15-19-20-16(21-15)13-4-2-3-5-14(13)17/h2-9,18H,10H2,1H3. The molecule has 4 nitrogen and oxygen atoms in total. The Bertz CT molecular complexity index is 737. The molecule has 0 saturated heterocycles. The lowest BCUT2D eigenvalue weighted by atomic mass is 10.2. The second-order valence-corrected chi connectivity index (χ2v) is 5.55. The van der Waals surface area contributed by atoms with Crippen molar-refractivity contribution in [1.82, 2.24) is 10.2 Å². The number of anilines is 1. The molecule has 3 rings (SSSR count). The van der Waals surface area contributed by atoms with Crippen molar-refractivity contribution in [1.29, 1.82) is 0 Å². The Morgan fingerprint density at radius 3 is 2.57 bits per heavy atom. The Morgan fingerprint density at radius 2 is 1.81 bits per heavy atom. The topological polar surface area (TPSA) is 51.0 Å². The van der Waals surface area contributed by atoms with Crippen LogP contribution in [-0.4, -0.2) is 10.2 Å². The third-order valence-electron chi connectivity index (χ3n) is 3.07. The highest BCUT2D eigenvalue weighted by Gasteiger charge is 2.10. The van der Waals surface area contributed by atoms with Crippen molar-refractivity contribution in [3.8, 4) is 11.5 Å². The Morgan fingerprint density at radius 1 is 1.05 bits per heavy atom. The molecular formula is C16H14BrN3O. The van der Waals surface area contributed by atoms with E-state index in [2.05, 4.69) is 50.5 Å². The van der Waals surface area contributed by atoms with Gasteiger partial charge in [0.25, 0.3) is 0 Å². The second-order valence-electron chi connectivity index (χ2n) is 4.70. The van der Waals surface area contributed by atoms with Crippen molar-refractivity contribution in [2.45, 2.75) is 13.5 Å². The third kappa shape index (κ3) is 3.31. The number of hydrogen-bond acceptors (Lipinski definition) is 4. The van der Waals surface area contributed by atoms with Gasteiger partial charge in [-0.2, -0.15) is 0 Å². The molecule has 0 atom stereocenters. The first kappa shape index (κ1) is 13.8. The molecule has 0 fully saturated rings. The average molecular weight is 344 g/mol. The van der Waals surface area contributed by atoms with Gasteiger partial charge in [0.15, 0.2) is 0 Å². The zero-order valence-corrected chi connectivity index (χ0v) is 13.1. The molecule has 0 aliphatic rings. The SMILES string of the molecule is Cc1ccc(NCc2nnc(-c3ccccc3Br)o2)cc1. The predicted octanol–water partition coefficient (Wildman–Crippen LogP) is 4.42. The van der Waals surface area contributed by atoms with Gasteiger partial charge >= 0.3 is 0 Å². The summed E-state index contributed by atoms with van der Waals surface area (Å²) in [5, 5.41) is 11.4. The Balaban J connectivity index is 1.71. The summed E-state index contributed by atoms with van der Waals surface area (Å²) in [7, 11) is 0. The smallest absolute Gasteiger partial charge is 0.248 e. The molecule has 0 bridgehead atoms. The fourth-order valence-electron chi connectivity index (χ4n) is 1.92. The van der Waals surface area contributed by atoms with Crippen LogP contribution in [0.1, 0.15) is 11.5 Å². The Labute approximate surface area is 131 Å². The number of aryl methyl sites for hydroxylation is 1. The summed E-state index contributed by atoms with van der Waals surface area (Å²) in [5.41, 5.74) is 3.15. The quantitative estimate of drug-likeness (QED) is 0.761. The van der Waals surface area contributed by atoms with E-state index in [1.807, 2.05) is 36.4 Å². The van der Waals surface area contributed by atoms with Gasteiger partial charge in [-0.25, -0.2) is 0 Å². The molecule has 21 heavy (non-hydrogen) atoms. The molecular weight excluding hydrogens is 330 g/mol. The summed E-state index contributed by atoms with van der Waals surface area (Å²) in [6.45, 7) is 2.56. The molecule has 1 N–H and O–H groups in total. The maximum Gasteiger partial charge on any atom is 0.248 e. The minimum atomic E-state index is 0.501. The zero-order valence-electron chi connectivity index (χ0n) is 11.5. The van der Waals surface area contributed by atoms with E-state index in [0.29, 0.717) is 18.3 Å². The van der Waals surface area contributed by atoms with Crippen LogP contribution in [0.3, 0.4) is 0 Å². The maximum absolute atomic E-state index is 5.68. The lowest BCUT2D eigenvalue weighted by molar-refractivity contribution is 0.515. The predicted molar refractivity (Wildman–Crippen MR) is 85.9 cm³/mol. The van der Waals surface area contributed by atoms with Crippen LogP contribution in [0.4, 0.5) is 5.69 Å². The molecule has 0 aliphatic heterocycles. The van der Waals surface area contributed by atoms with Crippen molar-refractivity contribution >= 4 is 21.6 Å². The van der Waals surface area contributed by atoms with Crippen molar-refractivity contribution in [3.63, 3.8) is 0 Å². The molecule has 0 spiro atoms. The number of aromatic nitrogens is 2. The first-order valence-electron chi connectivity index (χ1n) is 6.60. The Kier molecular flexibility index (Phi) is 4.01. The molecule has 1 aromatic heterocycles. The molecule has 0 amide bonds. The second kappa shape index (κ2) is 6.10. The number of nitrogens with one attached hydrogen (secondary N) is 1. The van der Waals surface area contributed by atoms with Crippen molar-refractivity contribution in [2.75, 3.05) is 5.32 Å². The monoisotopic (exact) mass is 343 g/mol. The van der Waals surface area contributed by atoms with Crippen LogP contribution in [0.2, 0.25) is 0 Å². The number of nitrogens with zero attached hydrogens (tertiary/aromatic N) is 2. The third-order valence-corrected chi connectivity index (χ3v) is 3.76.